The summed E-state index contributed by atoms with van der Waals surface area (Å²) in [6, 6.07) is 11.3. The number of amides is 1. The lowest BCUT2D eigenvalue weighted by Crippen LogP contribution is -2.31. The minimum Gasteiger partial charge on any atom is -0.348 e. The molecule has 0 aliphatic rings. The molecule has 2 aromatic rings. The van der Waals surface area contributed by atoms with Gasteiger partial charge in [0.25, 0.3) is 0 Å². The van der Waals surface area contributed by atoms with Crippen LogP contribution in [-0.4, -0.2) is 20.4 Å². The SMILES string of the molecule is CC(C)NS(=O)(=O)Cc1ccccc1CNC(=O)/C=C/c1cc(Br)ccc1F. The Hall–Kier alpha value is -2.03. The van der Waals surface area contributed by atoms with E-state index in [4.69, 9.17) is 0 Å². The molecule has 0 aromatic heterocycles. The Bertz CT molecular complexity index is 975. The fourth-order valence-electron chi connectivity index (χ4n) is 2.53. The van der Waals surface area contributed by atoms with Gasteiger partial charge in [-0.05, 0) is 49.2 Å². The van der Waals surface area contributed by atoms with Crippen molar-refractivity contribution in [3.05, 3.63) is 75.5 Å². The fourth-order valence-corrected chi connectivity index (χ4v) is 4.40. The first-order valence-corrected chi connectivity index (χ1v) is 11.1. The summed E-state index contributed by atoms with van der Waals surface area (Å²) in [5.74, 6) is -1.01. The average molecular weight is 469 g/mol. The van der Waals surface area contributed by atoms with Crippen molar-refractivity contribution in [1.29, 1.82) is 0 Å². The third-order valence-corrected chi connectivity index (χ3v) is 5.72. The zero-order valence-electron chi connectivity index (χ0n) is 15.6. The van der Waals surface area contributed by atoms with E-state index in [1.54, 1.807) is 50.2 Å². The van der Waals surface area contributed by atoms with E-state index in [1.165, 1.54) is 18.2 Å². The van der Waals surface area contributed by atoms with Crippen LogP contribution < -0.4 is 10.0 Å². The number of carbonyl (C=O) groups is 1. The van der Waals surface area contributed by atoms with Crippen molar-refractivity contribution in [1.82, 2.24) is 10.0 Å². The summed E-state index contributed by atoms with van der Waals surface area (Å²) in [6.45, 7) is 3.67. The second-order valence-electron chi connectivity index (χ2n) is 6.52. The van der Waals surface area contributed by atoms with Crippen LogP contribution in [0.3, 0.4) is 0 Å². The molecule has 2 aromatic carbocycles. The van der Waals surface area contributed by atoms with Gasteiger partial charge in [-0.1, -0.05) is 40.2 Å². The summed E-state index contributed by atoms with van der Waals surface area (Å²) in [4.78, 5) is 12.1. The normalized spacial score (nSPS) is 11.9. The molecule has 0 fully saturated rings. The lowest BCUT2D eigenvalue weighted by molar-refractivity contribution is -0.116. The van der Waals surface area contributed by atoms with Gasteiger partial charge in [0.15, 0.2) is 0 Å². The molecule has 1 amide bonds. The molecular formula is C20H22BrFN2O3S. The highest BCUT2D eigenvalue weighted by Gasteiger charge is 2.15. The van der Waals surface area contributed by atoms with Crippen LogP contribution in [-0.2, 0) is 27.1 Å². The zero-order valence-corrected chi connectivity index (χ0v) is 18.0. The molecule has 2 rings (SSSR count). The van der Waals surface area contributed by atoms with Gasteiger partial charge in [-0.2, -0.15) is 0 Å². The predicted molar refractivity (Wildman–Crippen MR) is 112 cm³/mol. The number of benzene rings is 2. The summed E-state index contributed by atoms with van der Waals surface area (Å²) >= 11 is 3.26. The molecule has 0 saturated heterocycles. The number of hydrogen-bond acceptors (Lipinski definition) is 3. The highest BCUT2D eigenvalue weighted by atomic mass is 79.9. The lowest BCUT2D eigenvalue weighted by Gasteiger charge is -2.13. The second kappa shape index (κ2) is 9.95. The largest absolute Gasteiger partial charge is 0.348 e. The predicted octanol–water partition coefficient (Wildman–Crippen LogP) is 3.75. The van der Waals surface area contributed by atoms with Crippen molar-refractivity contribution in [3.63, 3.8) is 0 Å². The monoisotopic (exact) mass is 468 g/mol. The molecular weight excluding hydrogens is 447 g/mol. The molecule has 8 heteroatoms. The van der Waals surface area contributed by atoms with E-state index in [9.17, 15) is 17.6 Å². The molecule has 0 unspecified atom stereocenters. The number of sulfonamides is 1. The Morgan fingerprint density at radius 3 is 2.54 bits per heavy atom. The van der Waals surface area contributed by atoms with Gasteiger partial charge in [0.1, 0.15) is 5.82 Å². The maximum atomic E-state index is 13.7. The van der Waals surface area contributed by atoms with Crippen molar-refractivity contribution < 1.29 is 17.6 Å². The van der Waals surface area contributed by atoms with Crippen molar-refractivity contribution in [2.75, 3.05) is 0 Å². The van der Waals surface area contributed by atoms with E-state index in [-0.39, 0.29) is 23.9 Å². The standard InChI is InChI=1S/C20H22BrFN2O3S/c1-14(2)24-28(26,27)13-17-6-4-3-5-16(17)12-23-20(25)10-7-15-11-18(21)8-9-19(15)22/h3-11,14,24H,12-13H2,1-2H3,(H,23,25)/b10-7+. The van der Waals surface area contributed by atoms with Gasteiger partial charge < -0.3 is 5.32 Å². The van der Waals surface area contributed by atoms with E-state index in [0.717, 1.165) is 0 Å². The van der Waals surface area contributed by atoms with E-state index in [0.29, 0.717) is 15.6 Å². The first-order valence-electron chi connectivity index (χ1n) is 8.64. The van der Waals surface area contributed by atoms with Gasteiger partial charge in [0, 0.05) is 28.7 Å². The smallest absolute Gasteiger partial charge is 0.244 e. The summed E-state index contributed by atoms with van der Waals surface area (Å²) in [5.41, 5.74) is 1.60. The van der Waals surface area contributed by atoms with Gasteiger partial charge in [-0.15, -0.1) is 0 Å². The Kier molecular flexibility index (Phi) is 7.91. The van der Waals surface area contributed by atoms with E-state index >= 15 is 0 Å². The van der Waals surface area contributed by atoms with Gasteiger partial charge in [0.05, 0.1) is 5.75 Å². The topological polar surface area (TPSA) is 75.3 Å². The van der Waals surface area contributed by atoms with Crippen molar-refractivity contribution in [3.8, 4) is 0 Å². The summed E-state index contributed by atoms with van der Waals surface area (Å²) < 4.78 is 41.3. The van der Waals surface area contributed by atoms with Gasteiger partial charge in [-0.3, -0.25) is 4.79 Å². The van der Waals surface area contributed by atoms with Crippen LogP contribution in [0, 0.1) is 5.82 Å². The Labute approximate surface area is 173 Å². The van der Waals surface area contributed by atoms with Crippen LogP contribution in [0.1, 0.15) is 30.5 Å². The van der Waals surface area contributed by atoms with E-state index in [1.807, 2.05) is 0 Å². The molecule has 0 heterocycles. The molecule has 5 nitrogen and oxygen atoms in total. The van der Waals surface area contributed by atoms with Crippen LogP contribution in [0.15, 0.2) is 53.0 Å². The minimum absolute atomic E-state index is 0.164. The maximum Gasteiger partial charge on any atom is 0.244 e. The minimum atomic E-state index is -3.47. The van der Waals surface area contributed by atoms with Crippen molar-refractivity contribution >= 4 is 37.9 Å². The van der Waals surface area contributed by atoms with Crippen LogP contribution in [0.2, 0.25) is 0 Å². The van der Waals surface area contributed by atoms with Gasteiger partial charge >= 0.3 is 0 Å². The van der Waals surface area contributed by atoms with E-state index < -0.39 is 21.7 Å². The summed E-state index contributed by atoms with van der Waals surface area (Å²) in [5, 5.41) is 2.70. The third kappa shape index (κ3) is 7.18. The van der Waals surface area contributed by atoms with Crippen molar-refractivity contribution in [2.45, 2.75) is 32.2 Å². The molecule has 0 aliphatic heterocycles. The molecule has 28 heavy (non-hydrogen) atoms. The van der Waals surface area contributed by atoms with Gasteiger partial charge in [-0.25, -0.2) is 17.5 Å². The Morgan fingerprint density at radius 1 is 1.18 bits per heavy atom. The molecule has 0 saturated carbocycles. The quantitative estimate of drug-likeness (QED) is 0.579. The number of nitrogens with one attached hydrogen (secondary N) is 2. The summed E-state index contributed by atoms with van der Waals surface area (Å²) in [7, 11) is -3.47. The first-order chi connectivity index (χ1) is 13.2. The Morgan fingerprint density at radius 2 is 1.86 bits per heavy atom. The van der Waals surface area contributed by atoms with Crippen LogP contribution in [0.4, 0.5) is 4.39 Å². The van der Waals surface area contributed by atoms with Gasteiger partial charge in [0.2, 0.25) is 15.9 Å². The third-order valence-electron chi connectivity index (χ3n) is 3.70. The molecule has 150 valence electrons. The molecule has 2 N–H and O–H groups in total. The number of hydrogen-bond donors (Lipinski definition) is 2. The highest BCUT2D eigenvalue weighted by Crippen LogP contribution is 2.17. The Balaban J connectivity index is 2.03. The molecule has 0 atom stereocenters. The molecule has 0 aliphatic carbocycles. The number of carbonyl (C=O) groups excluding carboxylic acids is 1. The number of halogens is 2. The molecule has 0 bridgehead atoms. The summed E-state index contributed by atoms with van der Waals surface area (Å²) in [6.07, 6.45) is 2.63. The zero-order chi connectivity index (χ0) is 20.7. The first kappa shape index (κ1) is 22.3. The van der Waals surface area contributed by atoms with E-state index in [2.05, 4.69) is 26.0 Å². The molecule has 0 radical (unpaired) electrons. The van der Waals surface area contributed by atoms with Crippen LogP contribution in [0.5, 0.6) is 0 Å². The number of rotatable bonds is 8. The maximum absolute atomic E-state index is 13.7. The average Bonchev–Trinajstić information content (AvgIpc) is 2.60. The van der Waals surface area contributed by atoms with Crippen LogP contribution >= 0.6 is 15.9 Å². The van der Waals surface area contributed by atoms with Crippen molar-refractivity contribution in [2.24, 2.45) is 0 Å². The highest BCUT2D eigenvalue weighted by molar-refractivity contribution is 9.10. The molecule has 0 spiro atoms. The van der Waals surface area contributed by atoms with Crippen LogP contribution in [0.25, 0.3) is 6.08 Å². The lowest BCUT2D eigenvalue weighted by atomic mass is 10.1. The second-order valence-corrected chi connectivity index (χ2v) is 9.19. The fraction of sp³-hybridized carbons (Fsp3) is 0.250.